The predicted molar refractivity (Wildman–Crippen MR) is 72.3 cm³/mol. The maximum atomic E-state index is 4.22. The van der Waals surface area contributed by atoms with Gasteiger partial charge in [0.1, 0.15) is 0 Å². The van der Waals surface area contributed by atoms with Crippen molar-refractivity contribution in [3.05, 3.63) is 54.6 Å². The number of pyridine rings is 2. The summed E-state index contributed by atoms with van der Waals surface area (Å²) in [5.41, 5.74) is 4.93. The van der Waals surface area contributed by atoms with Crippen molar-refractivity contribution in [1.29, 1.82) is 0 Å². The van der Waals surface area contributed by atoms with E-state index in [0.717, 1.165) is 6.54 Å². The van der Waals surface area contributed by atoms with Crippen LogP contribution >= 0.6 is 0 Å². The first-order valence-electron chi connectivity index (χ1n) is 5.97. The number of benzene rings is 1. The fraction of sp³-hybridized carbons (Fsp3) is 0.0667. The van der Waals surface area contributed by atoms with Gasteiger partial charge in [0.25, 0.3) is 0 Å². The van der Waals surface area contributed by atoms with Gasteiger partial charge in [-0.05, 0) is 28.6 Å². The van der Waals surface area contributed by atoms with Crippen LogP contribution in [0.5, 0.6) is 0 Å². The van der Waals surface area contributed by atoms with Gasteiger partial charge in [0.2, 0.25) is 0 Å². The smallest absolute Gasteiger partial charge is 0.0518 e. The van der Waals surface area contributed by atoms with Gasteiger partial charge >= 0.3 is 0 Å². The normalized spacial score (nSPS) is 12.7. The third kappa shape index (κ3) is 1.24. The maximum absolute atomic E-state index is 4.22. The van der Waals surface area contributed by atoms with Crippen molar-refractivity contribution >= 4 is 16.5 Å². The minimum Gasteiger partial charge on any atom is -0.380 e. The van der Waals surface area contributed by atoms with Crippen LogP contribution in [0.15, 0.2) is 49.1 Å². The van der Waals surface area contributed by atoms with Crippen LogP contribution < -0.4 is 5.32 Å². The fourth-order valence-electron chi connectivity index (χ4n) is 2.59. The van der Waals surface area contributed by atoms with Crippen molar-refractivity contribution < 1.29 is 0 Å². The van der Waals surface area contributed by atoms with Crippen molar-refractivity contribution in [2.75, 3.05) is 5.32 Å². The van der Waals surface area contributed by atoms with Crippen molar-refractivity contribution in [3.8, 4) is 11.1 Å². The molecule has 1 aromatic carbocycles. The van der Waals surface area contributed by atoms with E-state index in [2.05, 4.69) is 33.5 Å². The van der Waals surface area contributed by atoms with Gasteiger partial charge in [0.15, 0.2) is 0 Å². The Kier molecular flexibility index (Phi) is 1.88. The number of anilines is 1. The van der Waals surface area contributed by atoms with Crippen LogP contribution in [0.4, 0.5) is 5.69 Å². The van der Waals surface area contributed by atoms with E-state index in [9.17, 15) is 0 Å². The van der Waals surface area contributed by atoms with Gasteiger partial charge in [-0.15, -0.1) is 0 Å². The summed E-state index contributed by atoms with van der Waals surface area (Å²) in [5, 5.41) is 5.88. The molecule has 0 aliphatic carbocycles. The molecule has 0 spiro atoms. The molecule has 0 unspecified atom stereocenters. The molecule has 0 bridgehead atoms. The van der Waals surface area contributed by atoms with E-state index in [-0.39, 0.29) is 0 Å². The van der Waals surface area contributed by atoms with Gasteiger partial charge in [-0.25, -0.2) is 0 Å². The number of aromatic nitrogens is 2. The predicted octanol–water partition coefficient (Wildman–Crippen LogP) is 3.22. The van der Waals surface area contributed by atoms with E-state index in [1.54, 1.807) is 0 Å². The molecule has 1 aliphatic rings. The summed E-state index contributed by atoms with van der Waals surface area (Å²) in [7, 11) is 0. The first-order chi connectivity index (χ1) is 8.93. The van der Waals surface area contributed by atoms with Crippen LogP contribution in [0.25, 0.3) is 21.9 Å². The van der Waals surface area contributed by atoms with Crippen LogP contribution in [0.3, 0.4) is 0 Å². The Morgan fingerprint density at radius 3 is 2.78 bits per heavy atom. The van der Waals surface area contributed by atoms with Gasteiger partial charge in [-0.2, -0.15) is 0 Å². The molecule has 0 amide bonds. The van der Waals surface area contributed by atoms with Crippen molar-refractivity contribution in [1.82, 2.24) is 9.97 Å². The maximum Gasteiger partial charge on any atom is 0.0518 e. The van der Waals surface area contributed by atoms with Crippen molar-refractivity contribution in [2.45, 2.75) is 6.54 Å². The van der Waals surface area contributed by atoms with Crippen LogP contribution in [0, 0.1) is 0 Å². The number of nitrogens with zero attached hydrogens (tertiary/aromatic N) is 2. The highest BCUT2D eigenvalue weighted by molar-refractivity contribution is 6.02. The highest BCUT2D eigenvalue weighted by atomic mass is 14.9. The standard InChI is InChI=1S/C15H11N3/c1-2-13-12-4-6-16-7-11(12)8-18-15(13)14-9-17-5-3-10(1)14/h1-7,9,18H,8H2. The zero-order valence-corrected chi connectivity index (χ0v) is 9.72. The van der Waals surface area contributed by atoms with E-state index in [0.29, 0.717) is 0 Å². The van der Waals surface area contributed by atoms with E-state index < -0.39 is 0 Å². The molecule has 0 radical (unpaired) electrons. The lowest BCUT2D eigenvalue weighted by atomic mass is 9.94. The minimum absolute atomic E-state index is 0.824. The topological polar surface area (TPSA) is 37.8 Å². The number of nitrogens with one attached hydrogen (secondary N) is 1. The molecule has 1 N–H and O–H groups in total. The fourth-order valence-corrected chi connectivity index (χ4v) is 2.59. The Hall–Kier alpha value is -2.42. The van der Waals surface area contributed by atoms with E-state index >= 15 is 0 Å². The summed E-state index contributed by atoms with van der Waals surface area (Å²) in [4.78, 5) is 8.41. The van der Waals surface area contributed by atoms with Crippen LogP contribution in [0.2, 0.25) is 0 Å². The molecule has 0 fully saturated rings. The number of rotatable bonds is 0. The molecule has 4 rings (SSSR count). The summed E-state index contributed by atoms with van der Waals surface area (Å²) in [6.45, 7) is 0.824. The Bertz CT molecular complexity index is 750. The lowest BCUT2D eigenvalue weighted by molar-refractivity contribution is 1.10. The second-order valence-electron chi connectivity index (χ2n) is 4.47. The first kappa shape index (κ1) is 9.59. The molecule has 3 nitrogen and oxygen atoms in total. The summed E-state index contributed by atoms with van der Waals surface area (Å²) in [5.74, 6) is 0. The average molecular weight is 233 g/mol. The van der Waals surface area contributed by atoms with Gasteiger partial charge in [-0.3, -0.25) is 9.97 Å². The van der Waals surface area contributed by atoms with Crippen LogP contribution in [-0.2, 0) is 6.54 Å². The van der Waals surface area contributed by atoms with Gasteiger partial charge in [0, 0.05) is 42.3 Å². The van der Waals surface area contributed by atoms with Crippen molar-refractivity contribution in [3.63, 3.8) is 0 Å². The third-order valence-electron chi connectivity index (χ3n) is 3.47. The van der Waals surface area contributed by atoms with E-state index in [4.69, 9.17) is 0 Å². The zero-order chi connectivity index (χ0) is 11.9. The quantitative estimate of drug-likeness (QED) is 0.647. The number of fused-ring (bicyclic) bond motifs is 5. The van der Waals surface area contributed by atoms with Gasteiger partial charge < -0.3 is 5.32 Å². The lowest BCUT2D eigenvalue weighted by Crippen LogP contribution is -2.09. The van der Waals surface area contributed by atoms with Gasteiger partial charge in [-0.1, -0.05) is 12.1 Å². The van der Waals surface area contributed by atoms with Gasteiger partial charge in [0.05, 0.1) is 5.69 Å². The monoisotopic (exact) mass is 233 g/mol. The second-order valence-corrected chi connectivity index (χ2v) is 4.47. The van der Waals surface area contributed by atoms with E-state index in [1.807, 2.05) is 30.9 Å². The second kappa shape index (κ2) is 3.53. The largest absolute Gasteiger partial charge is 0.380 e. The molecule has 2 aromatic heterocycles. The minimum atomic E-state index is 0.824. The van der Waals surface area contributed by atoms with Crippen LogP contribution in [0.1, 0.15) is 5.56 Å². The van der Waals surface area contributed by atoms with E-state index in [1.165, 1.54) is 33.2 Å². The summed E-state index contributed by atoms with van der Waals surface area (Å²) >= 11 is 0. The summed E-state index contributed by atoms with van der Waals surface area (Å²) in [6, 6.07) is 8.44. The van der Waals surface area contributed by atoms with Crippen LogP contribution in [-0.4, -0.2) is 9.97 Å². The Labute approximate surface area is 105 Å². The SMILES string of the molecule is c1cc2c(cn1)CNc1c-2ccc2ccncc12. The Morgan fingerprint density at radius 1 is 0.889 bits per heavy atom. The molecule has 3 aromatic rings. The Morgan fingerprint density at radius 2 is 1.78 bits per heavy atom. The molecular formula is C15H11N3. The molecule has 86 valence electrons. The molecule has 18 heavy (non-hydrogen) atoms. The number of hydrogen-bond acceptors (Lipinski definition) is 3. The molecule has 0 saturated carbocycles. The highest BCUT2D eigenvalue weighted by Crippen LogP contribution is 2.39. The first-order valence-corrected chi connectivity index (χ1v) is 5.97. The summed E-state index contributed by atoms with van der Waals surface area (Å²) in [6.07, 6.45) is 7.53. The molecular weight excluding hydrogens is 222 g/mol. The third-order valence-corrected chi connectivity index (χ3v) is 3.47. The molecule has 0 atom stereocenters. The lowest BCUT2D eigenvalue weighted by Gasteiger charge is -2.22. The molecule has 0 saturated heterocycles. The average Bonchev–Trinajstić information content (AvgIpc) is 2.46. The molecule has 3 heterocycles. The summed E-state index contributed by atoms with van der Waals surface area (Å²) < 4.78 is 0. The highest BCUT2D eigenvalue weighted by Gasteiger charge is 2.17. The number of hydrogen-bond donors (Lipinski definition) is 1. The molecule has 3 heteroatoms. The van der Waals surface area contributed by atoms with Crippen molar-refractivity contribution in [2.24, 2.45) is 0 Å². The zero-order valence-electron chi connectivity index (χ0n) is 9.72. The molecule has 1 aliphatic heterocycles. The Balaban J connectivity index is 2.09.